The fourth-order valence-electron chi connectivity index (χ4n) is 1.43. The highest BCUT2D eigenvalue weighted by molar-refractivity contribution is 5.57. The van der Waals surface area contributed by atoms with Crippen molar-refractivity contribution in [2.45, 2.75) is 19.8 Å². The van der Waals surface area contributed by atoms with E-state index in [1.54, 1.807) is 6.20 Å². The molecule has 2 aromatic heterocycles. The van der Waals surface area contributed by atoms with Gasteiger partial charge in [0.05, 0.1) is 6.61 Å². The van der Waals surface area contributed by atoms with Crippen molar-refractivity contribution in [2.75, 3.05) is 18.5 Å². The smallest absolute Gasteiger partial charge is 0.258 e. The zero-order valence-corrected chi connectivity index (χ0v) is 10.4. The van der Waals surface area contributed by atoms with Crippen LogP contribution in [0.25, 0.3) is 11.5 Å². The maximum absolute atomic E-state index is 8.75. The van der Waals surface area contributed by atoms with Crippen LogP contribution in [0.2, 0.25) is 0 Å². The maximum atomic E-state index is 8.75. The number of nitrogens with zero attached hydrogens (tertiary/aromatic N) is 3. The highest BCUT2D eigenvalue weighted by atomic mass is 16.5. The lowest BCUT2D eigenvalue weighted by molar-refractivity contribution is 0.311. The molecule has 0 aliphatic rings. The van der Waals surface area contributed by atoms with Gasteiger partial charge in [0.15, 0.2) is 5.82 Å². The minimum absolute atomic E-state index is 0.0595. The minimum atomic E-state index is 0.0595. The molecule has 0 aliphatic heterocycles. The summed E-state index contributed by atoms with van der Waals surface area (Å²) in [6.45, 7) is 4.53. The molecule has 0 aliphatic carbocycles. The molecule has 0 saturated heterocycles. The third-order valence-electron chi connectivity index (χ3n) is 2.38. The van der Waals surface area contributed by atoms with Crippen molar-refractivity contribution < 1.29 is 9.63 Å². The Morgan fingerprint density at radius 3 is 2.94 bits per heavy atom. The Balaban J connectivity index is 2.21. The quantitative estimate of drug-likeness (QED) is 0.837. The predicted octanol–water partition coefficient (Wildman–Crippen LogP) is 1.66. The molecule has 0 bridgehead atoms. The van der Waals surface area contributed by atoms with Crippen molar-refractivity contribution in [3.05, 3.63) is 24.2 Å². The van der Waals surface area contributed by atoms with Crippen LogP contribution in [0.5, 0.6) is 0 Å². The number of rotatable bonds is 5. The number of aliphatic hydroxyl groups excluding tert-OH is 1. The van der Waals surface area contributed by atoms with Crippen molar-refractivity contribution >= 4 is 5.82 Å². The van der Waals surface area contributed by atoms with E-state index in [2.05, 4.69) is 20.4 Å². The lowest BCUT2D eigenvalue weighted by Crippen LogP contribution is -2.06. The normalized spacial score (nSPS) is 10.9. The summed E-state index contributed by atoms with van der Waals surface area (Å²) in [5.74, 6) is 2.07. The van der Waals surface area contributed by atoms with Gasteiger partial charge in [-0.1, -0.05) is 19.0 Å². The fraction of sp³-hybridized carbons (Fsp3) is 0.417. The van der Waals surface area contributed by atoms with E-state index in [0.29, 0.717) is 24.1 Å². The SMILES string of the molecule is CC(C)c1noc(-c2ccnc(NCCO)c2)n1. The van der Waals surface area contributed by atoms with Gasteiger partial charge in [0.25, 0.3) is 5.89 Å². The second kappa shape index (κ2) is 5.59. The van der Waals surface area contributed by atoms with Crippen LogP contribution in [0, 0.1) is 0 Å². The molecule has 0 atom stereocenters. The summed E-state index contributed by atoms with van der Waals surface area (Å²) in [5, 5.41) is 15.6. The van der Waals surface area contributed by atoms with E-state index < -0.39 is 0 Å². The third-order valence-corrected chi connectivity index (χ3v) is 2.38. The lowest BCUT2D eigenvalue weighted by Gasteiger charge is -2.03. The number of anilines is 1. The zero-order chi connectivity index (χ0) is 13.0. The first-order chi connectivity index (χ1) is 8.70. The molecule has 2 heterocycles. The van der Waals surface area contributed by atoms with E-state index in [1.165, 1.54) is 0 Å². The van der Waals surface area contributed by atoms with Gasteiger partial charge in [0.1, 0.15) is 5.82 Å². The average molecular weight is 248 g/mol. The average Bonchev–Trinajstić information content (AvgIpc) is 2.86. The molecule has 0 aromatic carbocycles. The Morgan fingerprint density at radius 1 is 1.44 bits per heavy atom. The standard InChI is InChI=1S/C12H16N4O2/c1-8(2)11-15-12(18-16-11)9-3-4-13-10(7-9)14-5-6-17/h3-4,7-8,17H,5-6H2,1-2H3,(H,13,14). The highest BCUT2D eigenvalue weighted by Gasteiger charge is 2.11. The Hall–Kier alpha value is -1.95. The molecule has 0 spiro atoms. The number of nitrogens with one attached hydrogen (secondary N) is 1. The van der Waals surface area contributed by atoms with E-state index in [1.807, 2.05) is 26.0 Å². The van der Waals surface area contributed by atoms with Gasteiger partial charge in [-0.05, 0) is 12.1 Å². The topological polar surface area (TPSA) is 84.1 Å². The maximum Gasteiger partial charge on any atom is 0.258 e. The zero-order valence-electron chi connectivity index (χ0n) is 10.4. The first-order valence-electron chi connectivity index (χ1n) is 5.85. The van der Waals surface area contributed by atoms with Crippen molar-refractivity contribution in [2.24, 2.45) is 0 Å². The van der Waals surface area contributed by atoms with Crippen molar-refractivity contribution in [3.63, 3.8) is 0 Å². The van der Waals surface area contributed by atoms with Crippen LogP contribution in [-0.2, 0) is 0 Å². The molecular weight excluding hydrogens is 232 g/mol. The first kappa shape index (κ1) is 12.5. The summed E-state index contributed by atoms with van der Waals surface area (Å²) in [6.07, 6.45) is 1.66. The molecule has 0 amide bonds. The summed E-state index contributed by atoms with van der Waals surface area (Å²) in [7, 11) is 0. The van der Waals surface area contributed by atoms with Crippen molar-refractivity contribution in [1.82, 2.24) is 15.1 Å². The third kappa shape index (κ3) is 2.84. The Labute approximate surface area is 105 Å². The number of hydrogen-bond acceptors (Lipinski definition) is 6. The van der Waals surface area contributed by atoms with E-state index in [4.69, 9.17) is 9.63 Å². The summed E-state index contributed by atoms with van der Waals surface area (Å²) >= 11 is 0. The van der Waals surface area contributed by atoms with E-state index in [-0.39, 0.29) is 12.5 Å². The van der Waals surface area contributed by atoms with Crippen LogP contribution in [0.4, 0.5) is 5.82 Å². The molecule has 2 N–H and O–H groups in total. The summed E-state index contributed by atoms with van der Waals surface area (Å²) < 4.78 is 5.21. The molecule has 2 rings (SSSR count). The van der Waals surface area contributed by atoms with Crippen LogP contribution >= 0.6 is 0 Å². The summed E-state index contributed by atoms with van der Waals surface area (Å²) in [5.41, 5.74) is 0.810. The van der Waals surface area contributed by atoms with Crippen LogP contribution in [0.3, 0.4) is 0 Å². The molecular formula is C12H16N4O2. The fourth-order valence-corrected chi connectivity index (χ4v) is 1.43. The van der Waals surface area contributed by atoms with Gasteiger partial charge in [0, 0.05) is 24.2 Å². The number of hydrogen-bond donors (Lipinski definition) is 2. The highest BCUT2D eigenvalue weighted by Crippen LogP contribution is 2.21. The predicted molar refractivity (Wildman–Crippen MR) is 67.2 cm³/mol. The first-order valence-corrected chi connectivity index (χ1v) is 5.85. The molecule has 0 unspecified atom stereocenters. The van der Waals surface area contributed by atoms with E-state index >= 15 is 0 Å². The molecule has 6 heteroatoms. The molecule has 18 heavy (non-hydrogen) atoms. The van der Waals surface area contributed by atoms with Crippen molar-refractivity contribution in [1.29, 1.82) is 0 Å². The number of aromatic nitrogens is 3. The molecule has 0 radical (unpaired) electrons. The summed E-state index contributed by atoms with van der Waals surface area (Å²) in [4.78, 5) is 8.45. The Kier molecular flexibility index (Phi) is 3.88. The number of aliphatic hydroxyl groups is 1. The molecule has 0 saturated carbocycles. The lowest BCUT2D eigenvalue weighted by atomic mass is 10.2. The van der Waals surface area contributed by atoms with E-state index in [9.17, 15) is 0 Å². The second-order valence-electron chi connectivity index (χ2n) is 4.19. The largest absolute Gasteiger partial charge is 0.395 e. The van der Waals surface area contributed by atoms with Crippen LogP contribution in [0.15, 0.2) is 22.9 Å². The van der Waals surface area contributed by atoms with Gasteiger partial charge < -0.3 is 14.9 Å². The van der Waals surface area contributed by atoms with Gasteiger partial charge >= 0.3 is 0 Å². The van der Waals surface area contributed by atoms with Crippen LogP contribution in [-0.4, -0.2) is 33.4 Å². The Morgan fingerprint density at radius 2 is 2.28 bits per heavy atom. The monoisotopic (exact) mass is 248 g/mol. The van der Waals surface area contributed by atoms with Gasteiger partial charge in [-0.2, -0.15) is 4.98 Å². The molecule has 2 aromatic rings. The Bertz CT molecular complexity index is 510. The molecule has 0 fully saturated rings. The van der Waals surface area contributed by atoms with Crippen molar-refractivity contribution in [3.8, 4) is 11.5 Å². The van der Waals surface area contributed by atoms with Gasteiger partial charge in [0.2, 0.25) is 0 Å². The molecule has 96 valence electrons. The minimum Gasteiger partial charge on any atom is -0.395 e. The molecule has 6 nitrogen and oxygen atoms in total. The number of pyridine rings is 1. The van der Waals surface area contributed by atoms with Gasteiger partial charge in [-0.25, -0.2) is 4.98 Å². The van der Waals surface area contributed by atoms with Gasteiger partial charge in [-0.15, -0.1) is 0 Å². The van der Waals surface area contributed by atoms with E-state index in [0.717, 1.165) is 5.56 Å². The summed E-state index contributed by atoms with van der Waals surface area (Å²) in [6, 6.07) is 3.62. The van der Waals surface area contributed by atoms with Gasteiger partial charge in [-0.3, -0.25) is 0 Å². The second-order valence-corrected chi connectivity index (χ2v) is 4.19. The van der Waals surface area contributed by atoms with Crippen LogP contribution in [0.1, 0.15) is 25.6 Å². The van der Waals surface area contributed by atoms with Crippen LogP contribution < -0.4 is 5.32 Å².